The minimum atomic E-state index is -0.871. The number of rotatable bonds is 5. The van der Waals surface area contributed by atoms with Crippen molar-refractivity contribution in [3.8, 4) is 5.75 Å². The van der Waals surface area contributed by atoms with Crippen LogP contribution in [0.1, 0.15) is 61.0 Å². The van der Waals surface area contributed by atoms with E-state index < -0.39 is 5.97 Å². The van der Waals surface area contributed by atoms with Gasteiger partial charge in [0.2, 0.25) is 0 Å². The van der Waals surface area contributed by atoms with Gasteiger partial charge in [0, 0.05) is 4.88 Å². The standard InChI is InChI=1S/C16H24O3S/c1-4-5-13-9-14(15(20-13)16(17)18)19-12-7-6-10(2)11(3)8-12/h9-12H,4-8H2,1-3H3,(H,17,18). The van der Waals surface area contributed by atoms with Gasteiger partial charge in [-0.25, -0.2) is 4.79 Å². The predicted octanol–water partition coefficient (Wildman–Crippen LogP) is 4.60. The van der Waals surface area contributed by atoms with E-state index in [9.17, 15) is 9.90 Å². The minimum absolute atomic E-state index is 0.170. The molecule has 112 valence electrons. The molecular formula is C16H24O3S. The van der Waals surface area contributed by atoms with E-state index in [0.717, 1.165) is 36.5 Å². The molecule has 0 aromatic carbocycles. The van der Waals surface area contributed by atoms with Crippen LogP contribution in [0.5, 0.6) is 5.75 Å². The monoisotopic (exact) mass is 296 g/mol. The topological polar surface area (TPSA) is 46.5 Å². The van der Waals surface area contributed by atoms with Gasteiger partial charge in [-0.3, -0.25) is 0 Å². The summed E-state index contributed by atoms with van der Waals surface area (Å²) in [5, 5.41) is 9.30. The number of aryl methyl sites for hydroxylation is 1. The molecule has 0 aliphatic heterocycles. The third kappa shape index (κ3) is 3.54. The van der Waals surface area contributed by atoms with Crippen LogP contribution in [0.15, 0.2) is 6.07 Å². The molecule has 3 nitrogen and oxygen atoms in total. The maximum atomic E-state index is 11.3. The van der Waals surface area contributed by atoms with Crippen molar-refractivity contribution >= 4 is 17.3 Å². The molecule has 1 aromatic rings. The zero-order valence-electron chi connectivity index (χ0n) is 12.5. The largest absolute Gasteiger partial charge is 0.489 e. The lowest BCUT2D eigenvalue weighted by Crippen LogP contribution is -2.29. The minimum Gasteiger partial charge on any atom is -0.489 e. The zero-order chi connectivity index (χ0) is 14.7. The highest BCUT2D eigenvalue weighted by molar-refractivity contribution is 7.14. The van der Waals surface area contributed by atoms with Gasteiger partial charge >= 0.3 is 5.97 Å². The van der Waals surface area contributed by atoms with Crippen molar-refractivity contribution < 1.29 is 14.6 Å². The van der Waals surface area contributed by atoms with Gasteiger partial charge < -0.3 is 9.84 Å². The van der Waals surface area contributed by atoms with Crippen LogP contribution in [0.3, 0.4) is 0 Å². The highest BCUT2D eigenvalue weighted by atomic mass is 32.1. The van der Waals surface area contributed by atoms with E-state index in [1.165, 1.54) is 17.8 Å². The average Bonchev–Trinajstić information content (AvgIpc) is 2.77. The lowest BCUT2D eigenvalue weighted by molar-refractivity contribution is 0.0683. The summed E-state index contributed by atoms with van der Waals surface area (Å²) in [4.78, 5) is 12.8. The Hall–Kier alpha value is -1.03. The fourth-order valence-corrected chi connectivity index (χ4v) is 3.84. The molecule has 1 N–H and O–H groups in total. The normalized spacial score (nSPS) is 26.4. The van der Waals surface area contributed by atoms with Crippen molar-refractivity contribution in [1.82, 2.24) is 0 Å². The smallest absolute Gasteiger partial charge is 0.349 e. The summed E-state index contributed by atoms with van der Waals surface area (Å²) in [7, 11) is 0. The second-order valence-electron chi connectivity index (χ2n) is 5.97. The number of carboxylic acid groups (broad SMARTS) is 1. The molecule has 3 unspecified atom stereocenters. The van der Waals surface area contributed by atoms with Crippen LogP contribution in [0.25, 0.3) is 0 Å². The summed E-state index contributed by atoms with van der Waals surface area (Å²) in [5.74, 6) is 1.10. The highest BCUT2D eigenvalue weighted by Crippen LogP contribution is 2.36. The van der Waals surface area contributed by atoms with Gasteiger partial charge in [0.05, 0.1) is 6.10 Å². The van der Waals surface area contributed by atoms with Crippen LogP contribution >= 0.6 is 11.3 Å². The number of hydrogen-bond donors (Lipinski definition) is 1. The first-order chi connectivity index (χ1) is 9.51. The molecule has 0 amide bonds. The first-order valence-electron chi connectivity index (χ1n) is 7.53. The number of aromatic carboxylic acids is 1. The van der Waals surface area contributed by atoms with Crippen LogP contribution in [-0.2, 0) is 6.42 Å². The SMILES string of the molecule is CCCc1cc(OC2CCC(C)C(C)C2)c(C(=O)O)s1. The number of carboxylic acids is 1. The number of hydrogen-bond acceptors (Lipinski definition) is 3. The van der Waals surface area contributed by atoms with Crippen LogP contribution in [-0.4, -0.2) is 17.2 Å². The first-order valence-corrected chi connectivity index (χ1v) is 8.35. The second kappa shape index (κ2) is 6.61. The molecule has 0 radical (unpaired) electrons. The molecular weight excluding hydrogens is 272 g/mol. The van der Waals surface area contributed by atoms with Gasteiger partial charge in [-0.1, -0.05) is 27.2 Å². The van der Waals surface area contributed by atoms with Crippen LogP contribution in [0.4, 0.5) is 0 Å². The summed E-state index contributed by atoms with van der Waals surface area (Å²) >= 11 is 1.36. The lowest BCUT2D eigenvalue weighted by Gasteiger charge is -2.32. The molecule has 3 atom stereocenters. The quantitative estimate of drug-likeness (QED) is 0.863. The van der Waals surface area contributed by atoms with Gasteiger partial charge in [0.25, 0.3) is 0 Å². The van der Waals surface area contributed by atoms with Gasteiger partial charge in [-0.2, -0.15) is 0 Å². The molecule has 0 spiro atoms. The Labute approximate surface area is 125 Å². The van der Waals surface area contributed by atoms with E-state index in [1.54, 1.807) is 0 Å². The van der Waals surface area contributed by atoms with Gasteiger partial charge in [0.1, 0.15) is 5.75 Å². The molecule has 20 heavy (non-hydrogen) atoms. The third-order valence-corrected chi connectivity index (χ3v) is 5.45. The highest BCUT2D eigenvalue weighted by Gasteiger charge is 2.27. The Kier molecular flexibility index (Phi) is 5.08. The van der Waals surface area contributed by atoms with Gasteiger partial charge in [0.15, 0.2) is 4.88 Å². The Bertz CT molecular complexity index is 466. The van der Waals surface area contributed by atoms with Crippen LogP contribution in [0, 0.1) is 11.8 Å². The summed E-state index contributed by atoms with van der Waals surface area (Å²) in [5.41, 5.74) is 0. The fourth-order valence-electron chi connectivity index (χ4n) is 2.81. The summed E-state index contributed by atoms with van der Waals surface area (Å²) in [6, 6.07) is 1.93. The van der Waals surface area contributed by atoms with E-state index >= 15 is 0 Å². The molecule has 1 fully saturated rings. The summed E-state index contributed by atoms with van der Waals surface area (Å²) < 4.78 is 6.02. The van der Waals surface area contributed by atoms with Gasteiger partial charge in [-0.05, 0) is 43.6 Å². The molecule has 0 bridgehead atoms. The molecule has 1 aromatic heterocycles. The molecule has 1 saturated carbocycles. The predicted molar refractivity (Wildman–Crippen MR) is 81.9 cm³/mol. The molecule has 0 saturated heterocycles. The Morgan fingerprint density at radius 3 is 2.75 bits per heavy atom. The molecule has 1 aliphatic rings. The third-order valence-electron chi connectivity index (χ3n) is 4.28. The molecule has 1 heterocycles. The van der Waals surface area contributed by atoms with Gasteiger partial charge in [-0.15, -0.1) is 11.3 Å². The maximum Gasteiger partial charge on any atom is 0.349 e. The number of ether oxygens (including phenoxy) is 1. The van der Waals surface area contributed by atoms with E-state index in [-0.39, 0.29) is 6.10 Å². The maximum absolute atomic E-state index is 11.3. The van der Waals surface area contributed by atoms with Crippen molar-refractivity contribution in [1.29, 1.82) is 0 Å². The van der Waals surface area contributed by atoms with Crippen LogP contribution in [0.2, 0.25) is 0 Å². The molecule has 2 rings (SSSR count). The Balaban J connectivity index is 2.09. The average molecular weight is 296 g/mol. The van der Waals surface area contributed by atoms with Crippen molar-refractivity contribution in [2.45, 2.75) is 59.0 Å². The van der Waals surface area contributed by atoms with E-state index in [0.29, 0.717) is 16.5 Å². The molecule has 4 heteroatoms. The van der Waals surface area contributed by atoms with E-state index in [4.69, 9.17) is 4.74 Å². The Morgan fingerprint density at radius 2 is 2.15 bits per heavy atom. The van der Waals surface area contributed by atoms with E-state index in [2.05, 4.69) is 20.8 Å². The van der Waals surface area contributed by atoms with Crippen molar-refractivity contribution in [2.24, 2.45) is 11.8 Å². The Morgan fingerprint density at radius 1 is 1.40 bits per heavy atom. The van der Waals surface area contributed by atoms with Crippen molar-refractivity contribution in [3.63, 3.8) is 0 Å². The summed E-state index contributed by atoms with van der Waals surface area (Å²) in [6.07, 6.45) is 5.34. The summed E-state index contributed by atoms with van der Waals surface area (Å²) in [6.45, 7) is 6.65. The van der Waals surface area contributed by atoms with Crippen molar-refractivity contribution in [3.05, 3.63) is 15.8 Å². The lowest BCUT2D eigenvalue weighted by atomic mass is 9.80. The van der Waals surface area contributed by atoms with Crippen LogP contribution < -0.4 is 4.74 Å². The number of carbonyl (C=O) groups is 1. The fraction of sp³-hybridized carbons (Fsp3) is 0.688. The first kappa shape index (κ1) is 15.4. The van der Waals surface area contributed by atoms with E-state index in [1.807, 2.05) is 6.07 Å². The number of thiophene rings is 1. The second-order valence-corrected chi connectivity index (χ2v) is 7.11. The molecule has 1 aliphatic carbocycles. The zero-order valence-corrected chi connectivity index (χ0v) is 13.3. The van der Waals surface area contributed by atoms with Crippen molar-refractivity contribution in [2.75, 3.05) is 0 Å².